The number of halogens is 3. The first-order valence-electron chi connectivity index (χ1n) is 9.78. The van der Waals surface area contributed by atoms with Gasteiger partial charge in [0.2, 0.25) is 5.91 Å². The SMILES string of the molecule is CC(=O)c1c(C)nn(CC(=O)N2CCCN3CCCC3C2)c1C.O=C(O)C(F)(F)F. The van der Waals surface area contributed by atoms with Gasteiger partial charge in [0.25, 0.3) is 0 Å². The average Bonchev–Trinajstić information content (AvgIpc) is 3.10. The Morgan fingerprint density at radius 3 is 2.27 bits per heavy atom. The maximum atomic E-state index is 12.7. The highest BCUT2D eigenvalue weighted by Gasteiger charge is 2.38. The van der Waals surface area contributed by atoms with Gasteiger partial charge in [0.05, 0.1) is 11.3 Å². The van der Waals surface area contributed by atoms with E-state index in [4.69, 9.17) is 9.90 Å². The van der Waals surface area contributed by atoms with Gasteiger partial charge in [0.1, 0.15) is 6.54 Å². The molecule has 30 heavy (non-hydrogen) atoms. The van der Waals surface area contributed by atoms with Crippen LogP contribution in [0.15, 0.2) is 0 Å². The van der Waals surface area contributed by atoms with Crippen molar-refractivity contribution in [3.8, 4) is 0 Å². The second-order valence-electron chi connectivity index (χ2n) is 7.59. The van der Waals surface area contributed by atoms with E-state index in [1.54, 1.807) is 11.6 Å². The van der Waals surface area contributed by atoms with Crippen LogP contribution in [0, 0.1) is 13.8 Å². The molecule has 8 nitrogen and oxygen atoms in total. The van der Waals surface area contributed by atoms with E-state index in [2.05, 4.69) is 10.00 Å². The van der Waals surface area contributed by atoms with Gasteiger partial charge in [-0.05, 0) is 46.6 Å². The van der Waals surface area contributed by atoms with Crippen molar-refractivity contribution in [2.75, 3.05) is 26.2 Å². The van der Waals surface area contributed by atoms with E-state index in [-0.39, 0.29) is 18.2 Å². The number of nitrogens with zero attached hydrogens (tertiary/aromatic N) is 4. The molecular weight excluding hydrogens is 405 g/mol. The Bertz CT molecular complexity index is 806. The molecule has 1 aromatic heterocycles. The molecule has 2 aliphatic rings. The number of Topliss-reactive ketones (excluding diaryl/α,β-unsaturated/α-hetero) is 1. The summed E-state index contributed by atoms with van der Waals surface area (Å²) in [4.78, 5) is 37.8. The molecule has 168 valence electrons. The van der Waals surface area contributed by atoms with Gasteiger partial charge in [-0.15, -0.1) is 0 Å². The predicted octanol–water partition coefficient (Wildman–Crippen LogP) is 2.03. The molecular formula is C19H27F3N4O4. The van der Waals surface area contributed by atoms with Gasteiger partial charge in [-0.1, -0.05) is 0 Å². The third kappa shape index (κ3) is 5.80. The molecule has 1 amide bonds. The molecule has 2 aliphatic heterocycles. The lowest BCUT2D eigenvalue weighted by Gasteiger charge is -2.25. The second-order valence-corrected chi connectivity index (χ2v) is 7.59. The van der Waals surface area contributed by atoms with Crippen molar-refractivity contribution in [1.82, 2.24) is 19.6 Å². The molecule has 2 fully saturated rings. The molecule has 3 rings (SSSR count). The molecule has 0 spiro atoms. The quantitative estimate of drug-likeness (QED) is 0.735. The van der Waals surface area contributed by atoms with Crippen LogP contribution < -0.4 is 0 Å². The number of hydrogen-bond acceptors (Lipinski definition) is 5. The molecule has 1 unspecified atom stereocenters. The van der Waals surface area contributed by atoms with Gasteiger partial charge in [-0.25, -0.2) is 4.79 Å². The highest BCUT2D eigenvalue weighted by molar-refractivity contribution is 5.96. The number of hydrogen-bond donors (Lipinski definition) is 1. The molecule has 1 atom stereocenters. The van der Waals surface area contributed by atoms with Crippen LogP contribution in [0.25, 0.3) is 0 Å². The Morgan fingerprint density at radius 2 is 1.73 bits per heavy atom. The molecule has 0 bridgehead atoms. The lowest BCUT2D eigenvalue weighted by molar-refractivity contribution is -0.192. The van der Waals surface area contributed by atoms with E-state index in [0.29, 0.717) is 17.3 Å². The summed E-state index contributed by atoms with van der Waals surface area (Å²) in [6.45, 7) is 9.40. The smallest absolute Gasteiger partial charge is 0.475 e. The van der Waals surface area contributed by atoms with E-state index in [1.807, 2.05) is 18.7 Å². The summed E-state index contributed by atoms with van der Waals surface area (Å²) in [6.07, 6.45) is -1.61. The molecule has 1 aromatic rings. The number of aromatic nitrogens is 2. The van der Waals surface area contributed by atoms with Gasteiger partial charge in [-0.3, -0.25) is 19.2 Å². The molecule has 11 heteroatoms. The van der Waals surface area contributed by atoms with Gasteiger partial charge in [-0.2, -0.15) is 18.3 Å². The highest BCUT2D eigenvalue weighted by Crippen LogP contribution is 2.22. The number of carbonyl (C=O) groups is 3. The van der Waals surface area contributed by atoms with Crippen LogP contribution in [-0.2, 0) is 16.1 Å². The van der Waals surface area contributed by atoms with Gasteiger partial charge < -0.3 is 10.0 Å². The maximum Gasteiger partial charge on any atom is 0.490 e. The van der Waals surface area contributed by atoms with Gasteiger partial charge >= 0.3 is 12.1 Å². The Morgan fingerprint density at radius 1 is 1.13 bits per heavy atom. The van der Waals surface area contributed by atoms with Crippen molar-refractivity contribution < 1.29 is 32.7 Å². The number of carboxylic acids is 1. The van der Waals surface area contributed by atoms with Crippen LogP contribution in [0.5, 0.6) is 0 Å². The fourth-order valence-corrected chi connectivity index (χ4v) is 4.02. The maximum absolute atomic E-state index is 12.7. The third-order valence-electron chi connectivity index (χ3n) is 5.42. The third-order valence-corrected chi connectivity index (χ3v) is 5.42. The second kappa shape index (κ2) is 9.59. The highest BCUT2D eigenvalue weighted by atomic mass is 19.4. The number of carboxylic acid groups (broad SMARTS) is 1. The number of aliphatic carboxylic acids is 1. The van der Waals surface area contributed by atoms with Crippen molar-refractivity contribution in [3.05, 3.63) is 17.0 Å². The zero-order valence-electron chi connectivity index (χ0n) is 17.3. The summed E-state index contributed by atoms with van der Waals surface area (Å²) in [5, 5.41) is 11.5. The first-order valence-corrected chi connectivity index (χ1v) is 9.78. The van der Waals surface area contributed by atoms with Crippen molar-refractivity contribution in [1.29, 1.82) is 0 Å². The number of amides is 1. The van der Waals surface area contributed by atoms with E-state index in [1.165, 1.54) is 19.4 Å². The van der Waals surface area contributed by atoms with Crippen LogP contribution in [0.2, 0.25) is 0 Å². The van der Waals surface area contributed by atoms with Crippen molar-refractivity contribution >= 4 is 17.7 Å². The predicted molar refractivity (Wildman–Crippen MR) is 101 cm³/mol. The molecule has 0 radical (unpaired) electrons. The van der Waals surface area contributed by atoms with Crippen molar-refractivity contribution in [3.63, 3.8) is 0 Å². The lowest BCUT2D eigenvalue weighted by atomic mass is 10.1. The minimum atomic E-state index is -5.08. The fourth-order valence-electron chi connectivity index (χ4n) is 4.02. The largest absolute Gasteiger partial charge is 0.490 e. The molecule has 1 N–H and O–H groups in total. The Balaban J connectivity index is 0.000000396. The van der Waals surface area contributed by atoms with Crippen molar-refractivity contribution in [2.24, 2.45) is 0 Å². The zero-order chi connectivity index (χ0) is 22.6. The minimum absolute atomic E-state index is 0.00932. The summed E-state index contributed by atoms with van der Waals surface area (Å²) in [5.74, 6) is -2.64. The molecule has 0 aromatic carbocycles. The van der Waals surface area contributed by atoms with Crippen LogP contribution in [0.1, 0.15) is 47.9 Å². The van der Waals surface area contributed by atoms with E-state index < -0.39 is 12.1 Å². The van der Waals surface area contributed by atoms with Crippen LogP contribution in [0.4, 0.5) is 13.2 Å². The molecule has 3 heterocycles. The van der Waals surface area contributed by atoms with Gasteiger partial charge in [0, 0.05) is 31.4 Å². The average molecular weight is 432 g/mol. The number of aryl methyl sites for hydroxylation is 1. The number of alkyl halides is 3. The normalized spacial score (nSPS) is 19.5. The topological polar surface area (TPSA) is 95.7 Å². The molecule has 0 saturated carbocycles. The summed E-state index contributed by atoms with van der Waals surface area (Å²) in [5.41, 5.74) is 2.15. The van der Waals surface area contributed by atoms with Gasteiger partial charge in [0.15, 0.2) is 5.78 Å². The number of rotatable bonds is 3. The zero-order valence-corrected chi connectivity index (χ0v) is 17.3. The lowest BCUT2D eigenvalue weighted by Crippen LogP contribution is -2.41. The number of fused-ring (bicyclic) bond motifs is 1. The van der Waals surface area contributed by atoms with Crippen LogP contribution in [0.3, 0.4) is 0 Å². The number of carbonyl (C=O) groups excluding carboxylic acids is 2. The fraction of sp³-hybridized carbons (Fsp3) is 0.684. The van der Waals surface area contributed by atoms with E-state index in [0.717, 1.165) is 31.7 Å². The number of ketones is 1. The van der Waals surface area contributed by atoms with E-state index >= 15 is 0 Å². The standard InChI is InChI=1S/C17H26N4O2.C2HF3O2/c1-12-17(14(3)22)13(2)21(18-12)11-16(23)20-9-5-8-19-7-4-6-15(19)10-20;3-2(4,5)1(6)7/h15H,4-11H2,1-3H3;(H,6,7). The van der Waals surface area contributed by atoms with Crippen LogP contribution in [-0.4, -0.2) is 80.7 Å². The summed E-state index contributed by atoms with van der Waals surface area (Å²) in [6, 6.07) is 0.523. The summed E-state index contributed by atoms with van der Waals surface area (Å²) in [7, 11) is 0. The van der Waals surface area contributed by atoms with Crippen molar-refractivity contribution in [2.45, 2.75) is 58.8 Å². The Kier molecular flexibility index (Phi) is 7.62. The molecule has 0 aliphatic carbocycles. The summed E-state index contributed by atoms with van der Waals surface area (Å²) >= 11 is 0. The first-order chi connectivity index (χ1) is 13.9. The Labute approximate surface area is 172 Å². The van der Waals surface area contributed by atoms with Crippen LogP contribution >= 0.6 is 0 Å². The Hall–Kier alpha value is -2.43. The minimum Gasteiger partial charge on any atom is -0.475 e. The van der Waals surface area contributed by atoms with E-state index in [9.17, 15) is 22.8 Å². The monoisotopic (exact) mass is 432 g/mol. The summed E-state index contributed by atoms with van der Waals surface area (Å²) < 4.78 is 33.4. The first kappa shape index (κ1) is 23.8. The molecule has 2 saturated heterocycles.